The van der Waals surface area contributed by atoms with E-state index >= 15 is 0 Å². The van der Waals surface area contributed by atoms with Crippen molar-refractivity contribution in [1.29, 1.82) is 0 Å². The van der Waals surface area contributed by atoms with E-state index in [1.165, 1.54) is 64.7 Å². The van der Waals surface area contributed by atoms with Crippen LogP contribution in [0.2, 0.25) is 0 Å². The second-order valence-electron chi connectivity index (χ2n) is 8.82. The summed E-state index contributed by atoms with van der Waals surface area (Å²) in [7, 11) is 0. The molecule has 0 aromatic rings. The van der Waals surface area contributed by atoms with Crippen molar-refractivity contribution in [1.82, 2.24) is 0 Å². The summed E-state index contributed by atoms with van der Waals surface area (Å²) in [5.41, 5.74) is 0. The Hall–Kier alpha value is -1.18. The average Bonchev–Trinajstić information content (AvgIpc) is 2.75. The first-order valence-corrected chi connectivity index (χ1v) is 12.7. The van der Waals surface area contributed by atoms with Gasteiger partial charge in [-0.05, 0) is 25.7 Å². The predicted molar refractivity (Wildman–Crippen MR) is 125 cm³/mol. The fourth-order valence-corrected chi connectivity index (χ4v) is 3.75. The van der Waals surface area contributed by atoms with Gasteiger partial charge in [0.2, 0.25) is 0 Å². The lowest BCUT2D eigenvalue weighted by Gasteiger charge is -2.19. The Morgan fingerprint density at radius 3 is 1.66 bits per heavy atom. The molecule has 0 bridgehead atoms. The van der Waals surface area contributed by atoms with E-state index in [2.05, 4.69) is 6.92 Å². The van der Waals surface area contributed by atoms with Gasteiger partial charge in [0, 0.05) is 6.92 Å². The third kappa shape index (κ3) is 19.5. The second-order valence-corrected chi connectivity index (χ2v) is 8.82. The molecule has 0 heterocycles. The summed E-state index contributed by atoms with van der Waals surface area (Å²) in [5.74, 6) is -1.09. The summed E-state index contributed by atoms with van der Waals surface area (Å²) in [4.78, 5) is 23.2. The van der Waals surface area contributed by atoms with Crippen molar-refractivity contribution in [2.24, 2.45) is 0 Å². The number of unbranched alkanes of at least 4 members (excludes halogenated alkanes) is 10. The Morgan fingerprint density at radius 2 is 1.16 bits per heavy atom. The SMILES string of the molecule is CCCCCCCCCCCCC(O)CCCCC(CC(=O)OC(CO)CO)OC(C)=O. The Morgan fingerprint density at radius 1 is 0.688 bits per heavy atom. The van der Waals surface area contributed by atoms with Crippen LogP contribution in [0, 0.1) is 0 Å². The summed E-state index contributed by atoms with van der Waals surface area (Å²) in [6, 6.07) is 0. The topological polar surface area (TPSA) is 113 Å². The van der Waals surface area contributed by atoms with E-state index < -0.39 is 37.4 Å². The van der Waals surface area contributed by atoms with Gasteiger partial charge in [0.25, 0.3) is 0 Å². The van der Waals surface area contributed by atoms with E-state index in [0.29, 0.717) is 12.8 Å². The molecule has 0 aromatic heterocycles. The minimum Gasteiger partial charge on any atom is -0.462 e. The van der Waals surface area contributed by atoms with Crippen LogP contribution in [0.5, 0.6) is 0 Å². The molecule has 32 heavy (non-hydrogen) atoms. The molecule has 0 fully saturated rings. The van der Waals surface area contributed by atoms with Crippen LogP contribution in [-0.2, 0) is 19.1 Å². The van der Waals surface area contributed by atoms with Crippen molar-refractivity contribution < 1.29 is 34.4 Å². The number of aliphatic hydroxyl groups is 3. The Kier molecular flexibility index (Phi) is 20.9. The summed E-state index contributed by atoms with van der Waals surface area (Å²) >= 11 is 0. The molecule has 3 N–H and O–H groups in total. The lowest BCUT2D eigenvalue weighted by atomic mass is 10.0. The number of rotatable bonds is 22. The minimum atomic E-state index is -0.957. The second kappa shape index (κ2) is 21.7. The van der Waals surface area contributed by atoms with Crippen LogP contribution >= 0.6 is 0 Å². The van der Waals surface area contributed by atoms with Gasteiger partial charge < -0.3 is 24.8 Å². The number of aliphatic hydroxyl groups excluding tert-OH is 3. The molecule has 0 aliphatic carbocycles. The standard InChI is InChI=1S/C25H48O7/c1-3-4-5-6-7-8-9-10-11-12-15-22(29)16-13-14-17-23(31-21(2)28)18-25(30)32-24(19-26)20-27/h22-24,26-27,29H,3-20H2,1-2H3. The fourth-order valence-electron chi connectivity index (χ4n) is 3.75. The van der Waals surface area contributed by atoms with E-state index in [4.69, 9.17) is 19.7 Å². The van der Waals surface area contributed by atoms with Gasteiger partial charge in [-0.3, -0.25) is 9.59 Å². The van der Waals surface area contributed by atoms with Gasteiger partial charge in [0.1, 0.15) is 12.2 Å². The zero-order chi connectivity index (χ0) is 24.0. The summed E-state index contributed by atoms with van der Waals surface area (Å²) < 4.78 is 10.1. The van der Waals surface area contributed by atoms with Crippen molar-refractivity contribution in [2.45, 2.75) is 135 Å². The molecule has 0 spiro atoms. The number of carbonyl (C=O) groups is 2. The maximum absolute atomic E-state index is 11.9. The summed E-state index contributed by atoms with van der Waals surface area (Å²) in [6.07, 6.45) is 14.4. The van der Waals surface area contributed by atoms with Gasteiger partial charge in [0.15, 0.2) is 0 Å². The summed E-state index contributed by atoms with van der Waals surface area (Å²) in [5, 5.41) is 28.1. The zero-order valence-corrected chi connectivity index (χ0v) is 20.4. The third-order valence-electron chi connectivity index (χ3n) is 5.64. The Bertz CT molecular complexity index is 452. The average molecular weight is 461 g/mol. The van der Waals surface area contributed by atoms with Crippen LogP contribution in [0.1, 0.15) is 117 Å². The third-order valence-corrected chi connectivity index (χ3v) is 5.64. The van der Waals surface area contributed by atoms with E-state index in [1.807, 2.05) is 0 Å². The van der Waals surface area contributed by atoms with E-state index in [9.17, 15) is 14.7 Å². The monoisotopic (exact) mass is 460 g/mol. The van der Waals surface area contributed by atoms with Gasteiger partial charge in [-0.15, -0.1) is 0 Å². The van der Waals surface area contributed by atoms with Crippen LogP contribution < -0.4 is 0 Å². The van der Waals surface area contributed by atoms with Gasteiger partial charge in [-0.2, -0.15) is 0 Å². The van der Waals surface area contributed by atoms with Crippen LogP contribution in [0.4, 0.5) is 0 Å². The molecule has 0 aliphatic rings. The number of hydrogen-bond acceptors (Lipinski definition) is 7. The number of carbonyl (C=O) groups excluding carboxylic acids is 2. The van der Waals surface area contributed by atoms with Gasteiger partial charge in [0.05, 0.1) is 25.7 Å². The van der Waals surface area contributed by atoms with E-state index in [0.717, 1.165) is 25.7 Å². The molecule has 0 amide bonds. The normalized spacial score (nSPS) is 13.2. The molecule has 0 rings (SSSR count). The lowest BCUT2D eigenvalue weighted by molar-refractivity contribution is -0.160. The minimum absolute atomic E-state index is 0.114. The highest BCUT2D eigenvalue weighted by Crippen LogP contribution is 2.16. The molecule has 2 unspecified atom stereocenters. The van der Waals surface area contributed by atoms with Crippen LogP contribution in [0.25, 0.3) is 0 Å². The highest BCUT2D eigenvalue weighted by atomic mass is 16.6. The molecular weight excluding hydrogens is 412 g/mol. The highest BCUT2D eigenvalue weighted by molar-refractivity contribution is 5.71. The maximum atomic E-state index is 11.9. The first-order chi connectivity index (χ1) is 15.4. The number of hydrogen-bond donors (Lipinski definition) is 3. The molecular formula is C25H48O7. The first kappa shape index (κ1) is 30.8. The molecule has 0 aliphatic heterocycles. The van der Waals surface area contributed by atoms with Gasteiger partial charge >= 0.3 is 11.9 Å². The van der Waals surface area contributed by atoms with E-state index in [-0.39, 0.29) is 12.5 Å². The van der Waals surface area contributed by atoms with Crippen LogP contribution in [-0.4, -0.2) is 58.8 Å². The Balaban J connectivity index is 3.85. The van der Waals surface area contributed by atoms with Crippen molar-refractivity contribution in [3.63, 3.8) is 0 Å². The molecule has 190 valence electrons. The Labute approximate surface area is 194 Å². The summed E-state index contributed by atoms with van der Waals surface area (Å²) in [6.45, 7) is 2.61. The fraction of sp³-hybridized carbons (Fsp3) is 0.920. The van der Waals surface area contributed by atoms with Gasteiger partial charge in [-0.1, -0.05) is 77.6 Å². The largest absolute Gasteiger partial charge is 0.462 e. The first-order valence-electron chi connectivity index (χ1n) is 12.7. The molecule has 0 saturated carbocycles. The van der Waals surface area contributed by atoms with Crippen molar-refractivity contribution in [2.75, 3.05) is 13.2 Å². The van der Waals surface area contributed by atoms with Gasteiger partial charge in [-0.25, -0.2) is 0 Å². The molecule has 0 saturated heterocycles. The molecule has 7 nitrogen and oxygen atoms in total. The van der Waals surface area contributed by atoms with Crippen LogP contribution in [0.3, 0.4) is 0 Å². The molecule has 7 heteroatoms. The van der Waals surface area contributed by atoms with E-state index in [1.54, 1.807) is 0 Å². The number of ether oxygens (including phenoxy) is 2. The zero-order valence-electron chi connectivity index (χ0n) is 20.4. The predicted octanol–water partition coefficient (Wildman–Crippen LogP) is 4.44. The molecule has 0 aromatic carbocycles. The molecule has 0 radical (unpaired) electrons. The maximum Gasteiger partial charge on any atom is 0.309 e. The van der Waals surface area contributed by atoms with Crippen LogP contribution in [0.15, 0.2) is 0 Å². The highest BCUT2D eigenvalue weighted by Gasteiger charge is 2.20. The van der Waals surface area contributed by atoms with Crippen molar-refractivity contribution in [3.8, 4) is 0 Å². The number of esters is 2. The quantitative estimate of drug-likeness (QED) is 0.162. The molecule has 2 atom stereocenters. The smallest absolute Gasteiger partial charge is 0.309 e. The van der Waals surface area contributed by atoms with Crippen molar-refractivity contribution >= 4 is 11.9 Å². The van der Waals surface area contributed by atoms with Crippen molar-refractivity contribution in [3.05, 3.63) is 0 Å². The lowest BCUT2D eigenvalue weighted by Crippen LogP contribution is -2.29.